The summed E-state index contributed by atoms with van der Waals surface area (Å²) in [5, 5.41) is 7.44. The number of hydrogen-bond donors (Lipinski definition) is 1. The van der Waals surface area contributed by atoms with Crippen LogP contribution in [0.1, 0.15) is 71.0 Å². The summed E-state index contributed by atoms with van der Waals surface area (Å²) in [7, 11) is 0. The van der Waals surface area contributed by atoms with E-state index in [2.05, 4.69) is 52.2 Å². The zero-order valence-corrected chi connectivity index (χ0v) is 14.7. The predicted octanol–water partition coefficient (Wildman–Crippen LogP) is 4.88. The molecule has 114 valence electrons. The Balaban J connectivity index is 2.48. The Labute approximate surface area is 128 Å². The first-order valence-corrected chi connectivity index (χ1v) is 8.84. The molecule has 2 nitrogen and oxygen atoms in total. The summed E-state index contributed by atoms with van der Waals surface area (Å²) in [6, 6.07) is 0.488. The van der Waals surface area contributed by atoms with E-state index >= 15 is 0 Å². The molecule has 1 saturated carbocycles. The molecule has 20 heavy (non-hydrogen) atoms. The fourth-order valence-electron chi connectivity index (χ4n) is 3.91. The number of rotatable bonds is 3. The summed E-state index contributed by atoms with van der Waals surface area (Å²) in [4.78, 5) is 4.88. The van der Waals surface area contributed by atoms with Crippen molar-refractivity contribution in [2.24, 2.45) is 11.3 Å². The van der Waals surface area contributed by atoms with Crippen LogP contribution in [0.3, 0.4) is 0 Å². The van der Waals surface area contributed by atoms with Crippen LogP contribution in [0.25, 0.3) is 0 Å². The SMILES string of the molecule is Cc1csc(C2(NC(C)C)CCCCC2C(C)(C)C)n1. The molecule has 2 unspecified atom stereocenters. The van der Waals surface area contributed by atoms with Gasteiger partial charge in [-0.25, -0.2) is 4.98 Å². The van der Waals surface area contributed by atoms with Crippen molar-refractivity contribution in [2.75, 3.05) is 0 Å². The highest BCUT2D eigenvalue weighted by Crippen LogP contribution is 2.50. The van der Waals surface area contributed by atoms with Gasteiger partial charge in [0.15, 0.2) is 0 Å². The largest absolute Gasteiger partial charge is 0.303 e. The van der Waals surface area contributed by atoms with E-state index < -0.39 is 0 Å². The van der Waals surface area contributed by atoms with E-state index in [4.69, 9.17) is 4.98 Å². The van der Waals surface area contributed by atoms with Crippen LogP contribution in [0, 0.1) is 18.3 Å². The Morgan fingerprint density at radius 3 is 2.55 bits per heavy atom. The van der Waals surface area contributed by atoms with Gasteiger partial charge in [0.2, 0.25) is 0 Å². The molecule has 0 spiro atoms. The average Bonchev–Trinajstić information content (AvgIpc) is 2.74. The molecule has 0 amide bonds. The van der Waals surface area contributed by atoms with Gasteiger partial charge in [-0.05, 0) is 44.9 Å². The predicted molar refractivity (Wildman–Crippen MR) is 88.2 cm³/mol. The third-order valence-corrected chi connectivity index (χ3v) is 5.64. The summed E-state index contributed by atoms with van der Waals surface area (Å²) in [6.07, 6.45) is 5.20. The van der Waals surface area contributed by atoms with Crippen molar-refractivity contribution in [1.29, 1.82) is 0 Å². The lowest BCUT2D eigenvalue weighted by Crippen LogP contribution is -2.56. The van der Waals surface area contributed by atoms with Crippen LogP contribution >= 0.6 is 11.3 Å². The van der Waals surface area contributed by atoms with Crippen molar-refractivity contribution in [2.45, 2.75) is 78.8 Å². The minimum absolute atomic E-state index is 0.0730. The molecule has 2 atom stereocenters. The Morgan fingerprint density at radius 2 is 2.05 bits per heavy atom. The monoisotopic (exact) mass is 294 g/mol. The van der Waals surface area contributed by atoms with Crippen LogP contribution in [-0.2, 0) is 5.54 Å². The van der Waals surface area contributed by atoms with Gasteiger partial charge < -0.3 is 5.32 Å². The van der Waals surface area contributed by atoms with E-state index in [1.165, 1.54) is 30.7 Å². The highest BCUT2D eigenvalue weighted by molar-refractivity contribution is 7.09. The van der Waals surface area contributed by atoms with Crippen molar-refractivity contribution < 1.29 is 0 Å². The fraction of sp³-hybridized carbons (Fsp3) is 0.824. The van der Waals surface area contributed by atoms with Gasteiger partial charge in [-0.1, -0.05) is 33.6 Å². The maximum atomic E-state index is 4.88. The number of nitrogens with zero attached hydrogens (tertiary/aromatic N) is 1. The first-order chi connectivity index (χ1) is 9.25. The molecule has 1 fully saturated rings. The molecule has 1 heterocycles. The molecule has 0 saturated heterocycles. The molecule has 0 radical (unpaired) electrons. The fourth-order valence-corrected chi connectivity index (χ4v) is 4.95. The van der Waals surface area contributed by atoms with Crippen LogP contribution in [-0.4, -0.2) is 11.0 Å². The molecular weight excluding hydrogens is 264 g/mol. The second-order valence-corrected chi connectivity index (χ2v) is 8.59. The van der Waals surface area contributed by atoms with E-state index in [0.717, 1.165) is 5.69 Å². The Morgan fingerprint density at radius 1 is 1.35 bits per heavy atom. The van der Waals surface area contributed by atoms with E-state index in [1.807, 2.05) is 11.3 Å². The van der Waals surface area contributed by atoms with E-state index in [1.54, 1.807) is 0 Å². The van der Waals surface area contributed by atoms with Crippen LogP contribution in [0.15, 0.2) is 5.38 Å². The van der Waals surface area contributed by atoms with E-state index in [9.17, 15) is 0 Å². The van der Waals surface area contributed by atoms with Crippen LogP contribution in [0.4, 0.5) is 0 Å². The molecule has 1 N–H and O–H groups in total. The minimum Gasteiger partial charge on any atom is -0.303 e. The minimum atomic E-state index is 0.0730. The Hall–Kier alpha value is -0.410. The molecule has 0 aromatic carbocycles. The summed E-state index contributed by atoms with van der Waals surface area (Å²) in [6.45, 7) is 13.8. The summed E-state index contributed by atoms with van der Waals surface area (Å²) >= 11 is 1.84. The third-order valence-electron chi connectivity index (χ3n) is 4.50. The lowest BCUT2D eigenvalue weighted by atomic mass is 9.62. The second-order valence-electron chi connectivity index (χ2n) is 7.73. The molecule has 0 aliphatic heterocycles. The molecule has 1 aromatic rings. The Bertz CT molecular complexity index is 444. The van der Waals surface area contributed by atoms with Gasteiger partial charge in [-0.2, -0.15) is 0 Å². The van der Waals surface area contributed by atoms with Crippen molar-refractivity contribution in [1.82, 2.24) is 10.3 Å². The summed E-state index contributed by atoms with van der Waals surface area (Å²) in [5.41, 5.74) is 1.54. The quantitative estimate of drug-likeness (QED) is 0.859. The zero-order valence-electron chi connectivity index (χ0n) is 13.9. The summed E-state index contributed by atoms with van der Waals surface area (Å²) < 4.78 is 0. The smallest absolute Gasteiger partial charge is 0.113 e. The maximum Gasteiger partial charge on any atom is 0.113 e. The molecule has 3 heteroatoms. The van der Waals surface area contributed by atoms with Crippen LogP contribution in [0.2, 0.25) is 0 Å². The van der Waals surface area contributed by atoms with Crippen LogP contribution in [0.5, 0.6) is 0 Å². The first kappa shape index (κ1) is 16.0. The van der Waals surface area contributed by atoms with Crippen molar-refractivity contribution in [3.05, 3.63) is 16.1 Å². The van der Waals surface area contributed by atoms with Gasteiger partial charge in [-0.3, -0.25) is 0 Å². The molecule has 2 rings (SSSR count). The second kappa shape index (κ2) is 5.76. The normalized spacial score (nSPS) is 28.1. The van der Waals surface area contributed by atoms with Crippen LogP contribution < -0.4 is 5.32 Å². The lowest BCUT2D eigenvalue weighted by Gasteiger charge is -2.50. The highest BCUT2D eigenvalue weighted by Gasteiger charge is 2.49. The first-order valence-electron chi connectivity index (χ1n) is 7.96. The number of aryl methyl sites for hydroxylation is 1. The zero-order chi connectivity index (χ0) is 15.0. The number of aromatic nitrogens is 1. The van der Waals surface area contributed by atoms with E-state index in [-0.39, 0.29) is 5.54 Å². The topological polar surface area (TPSA) is 24.9 Å². The van der Waals surface area contributed by atoms with E-state index in [0.29, 0.717) is 17.4 Å². The molecule has 1 aliphatic rings. The average molecular weight is 295 g/mol. The van der Waals surface area contributed by atoms with Gasteiger partial charge >= 0.3 is 0 Å². The van der Waals surface area contributed by atoms with Crippen molar-refractivity contribution in [3.8, 4) is 0 Å². The number of thiazole rings is 1. The molecule has 1 aliphatic carbocycles. The number of hydrogen-bond acceptors (Lipinski definition) is 3. The van der Waals surface area contributed by atoms with Crippen molar-refractivity contribution in [3.63, 3.8) is 0 Å². The van der Waals surface area contributed by atoms with Gasteiger partial charge in [0, 0.05) is 17.1 Å². The maximum absolute atomic E-state index is 4.88. The van der Waals surface area contributed by atoms with Gasteiger partial charge in [0.25, 0.3) is 0 Å². The van der Waals surface area contributed by atoms with Gasteiger partial charge in [-0.15, -0.1) is 11.3 Å². The summed E-state index contributed by atoms with van der Waals surface area (Å²) in [5.74, 6) is 0.650. The molecular formula is C17H30N2S. The molecule has 1 aromatic heterocycles. The lowest BCUT2D eigenvalue weighted by molar-refractivity contribution is 0.0413. The molecule has 0 bridgehead atoms. The highest BCUT2D eigenvalue weighted by atomic mass is 32.1. The van der Waals surface area contributed by atoms with Crippen molar-refractivity contribution >= 4 is 11.3 Å². The van der Waals surface area contributed by atoms with Gasteiger partial charge in [0.05, 0.1) is 5.54 Å². The standard InChI is InChI=1S/C17H30N2S/c1-12(2)19-17(15-18-13(3)11-20-15)10-8-7-9-14(17)16(4,5)6/h11-12,14,19H,7-10H2,1-6H3. The Kier molecular flexibility index (Phi) is 4.60. The number of nitrogens with one attached hydrogen (secondary N) is 1. The third kappa shape index (κ3) is 3.09. The van der Waals surface area contributed by atoms with Gasteiger partial charge in [0.1, 0.15) is 5.01 Å².